The van der Waals surface area contributed by atoms with E-state index in [1.54, 1.807) is 0 Å². The monoisotopic (exact) mass is 660 g/mol. The van der Waals surface area contributed by atoms with Crippen LogP contribution < -0.4 is 0 Å². The van der Waals surface area contributed by atoms with Gasteiger partial charge in [-0.15, -0.1) is 0 Å². The molecule has 4 nitrogen and oxygen atoms in total. The van der Waals surface area contributed by atoms with Crippen molar-refractivity contribution in [2.75, 3.05) is 0 Å². The van der Waals surface area contributed by atoms with E-state index in [4.69, 9.17) is 15.0 Å². The molecule has 248 valence electrons. The Morgan fingerprint density at radius 1 is 0.569 bits per heavy atom. The fourth-order valence-corrected chi connectivity index (χ4v) is 9.68. The first-order valence-corrected chi connectivity index (χ1v) is 18.3. The zero-order valence-corrected chi connectivity index (χ0v) is 29.2. The molecule has 0 amide bonds. The maximum atomic E-state index is 9.40. The van der Waals surface area contributed by atoms with Crippen LogP contribution in [0.4, 0.5) is 0 Å². The van der Waals surface area contributed by atoms with E-state index in [2.05, 4.69) is 92.7 Å². The molecule has 2 fully saturated rings. The highest BCUT2D eigenvalue weighted by atomic mass is 15.0. The number of hydrogen-bond donors (Lipinski definition) is 0. The molecule has 4 atom stereocenters. The van der Waals surface area contributed by atoms with Gasteiger partial charge in [0, 0.05) is 16.7 Å². The number of nitrogens with zero attached hydrogens (tertiary/aromatic N) is 4. The molecule has 0 spiro atoms. The Balaban J connectivity index is 1.21. The van der Waals surface area contributed by atoms with Crippen LogP contribution in [0.1, 0.15) is 57.1 Å². The average molecular weight is 661 g/mol. The van der Waals surface area contributed by atoms with Gasteiger partial charge in [0.2, 0.25) is 0 Å². The minimum absolute atomic E-state index is 0.300. The minimum atomic E-state index is 0.300. The van der Waals surface area contributed by atoms with Crippen LogP contribution in [0.25, 0.3) is 66.8 Å². The molecular formula is C47H40N4. The van der Waals surface area contributed by atoms with Gasteiger partial charge in [-0.2, -0.15) is 5.26 Å². The highest BCUT2D eigenvalue weighted by Gasteiger charge is 2.45. The van der Waals surface area contributed by atoms with Crippen molar-refractivity contribution in [2.24, 2.45) is 17.8 Å². The van der Waals surface area contributed by atoms with E-state index in [0.717, 1.165) is 39.8 Å². The predicted molar refractivity (Wildman–Crippen MR) is 208 cm³/mol. The van der Waals surface area contributed by atoms with Crippen molar-refractivity contribution in [3.05, 3.63) is 139 Å². The van der Waals surface area contributed by atoms with E-state index in [9.17, 15) is 5.26 Å². The number of aromatic nitrogens is 3. The quantitative estimate of drug-likeness (QED) is 0.172. The summed E-state index contributed by atoms with van der Waals surface area (Å²) in [6, 6.07) is 46.9. The summed E-state index contributed by atoms with van der Waals surface area (Å²) < 4.78 is 0. The van der Waals surface area contributed by atoms with Gasteiger partial charge in [-0.05, 0) is 124 Å². The molecule has 7 aromatic rings. The van der Waals surface area contributed by atoms with E-state index in [1.165, 1.54) is 65.0 Å². The summed E-state index contributed by atoms with van der Waals surface area (Å²) in [5.74, 6) is 4.24. The van der Waals surface area contributed by atoms with Crippen LogP contribution in [0, 0.1) is 29.1 Å². The SMILES string of the molecule is C[C@@H]1CC2C[C@H](C)CC(c3ccc(-c4c5ccccc5cc5c(-c6nc(-c7ccccc7)nc(-c7ccc(C#N)cc7)n6)cccc45)cc3)(C2)C1. The summed E-state index contributed by atoms with van der Waals surface area (Å²) in [5, 5.41) is 14.1. The van der Waals surface area contributed by atoms with Gasteiger partial charge in [-0.3, -0.25) is 0 Å². The largest absolute Gasteiger partial charge is 0.208 e. The Morgan fingerprint density at radius 2 is 1.18 bits per heavy atom. The van der Waals surface area contributed by atoms with Gasteiger partial charge in [0.1, 0.15) is 0 Å². The molecule has 1 heterocycles. The lowest BCUT2D eigenvalue weighted by Gasteiger charge is -2.50. The Bertz CT molecular complexity index is 2420. The number of benzene rings is 6. The smallest absolute Gasteiger partial charge is 0.164 e. The second-order valence-electron chi connectivity index (χ2n) is 15.3. The van der Waals surface area contributed by atoms with Gasteiger partial charge in [-0.25, -0.2) is 15.0 Å². The maximum absolute atomic E-state index is 9.40. The van der Waals surface area contributed by atoms with Crippen LogP contribution in [-0.4, -0.2) is 15.0 Å². The van der Waals surface area contributed by atoms with Crippen LogP contribution >= 0.6 is 0 Å². The third kappa shape index (κ3) is 5.68. The van der Waals surface area contributed by atoms with E-state index in [0.29, 0.717) is 28.5 Å². The van der Waals surface area contributed by atoms with Crippen molar-refractivity contribution in [3.63, 3.8) is 0 Å². The molecule has 2 saturated carbocycles. The van der Waals surface area contributed by atoms with Crippen molar-refractivity contribution >= 4 is 21.5 Å². The van der Waals surface area contributed by atoms with E-state index < -0.39 is 0 Å². The van der Waals surface area contributed by atoms with E-state index >= 15 is 0 Å². The normalized spacial score (nSPS) is 21.4. The minimum Gasteiger partial charge on any atom is -0.208 e. The molecule has 1 aromatic heterocycles. The first-order chi connectivity index (χ1) is 25.0. The molecule has 2 aliphatic carbocycles. The van der Waals surface area contributed by atoms with Crippen LogP contribution in [0.2, 0.25) is 0 Å². The maximum Gasteiger partial charge on any atom is 0.164 e. The highest BCUT2D eigenvalue weighted by molar-refractivity contribution is 6.15. The lowest BCUT2D eigenvalue weighted by Crippen LogP contribution is -2.42. The zero-order chi connectivity index (χ0) is 34.5. The fraction of sp³-hybridized carbons (Fsp3) is 0.234. The molecule has 0 aliphatic heterocycles. The zero-order valence-electron chi connectivity index (χ0n) is 29.2. The lowest BCUT2D eigenvalue weighted by molar-refractivity contribution is 0.0780. The van der Waals surface area contributed by atoms with E-state index in [1.807, 2.05) is 54.6 Å². The Morgan fingerprint density at radius 3 is 1.88 bits per heavy atom. The Hall–Kier alpha value is -5.66. The van der Waals surface area contributed by atoms with Gasteiger partial charge in [-0.1, -0.05) is 111 Å². The van der Waals surface area contributed by atoms with Gasteiger partial charge < -0.3 is 0 Å². The van der Waals surface area contributed by atoms with Gasteiger partial charge >= 0.3 is 0 Å². The molecule has 4 heteroatoms. The summed E-state index contributed by atoms with van der Waals surface area (Å²) in [6.45, 7) is 4.93. The van der Waals surface area contributed by atoms with Gasteiger partial charge in [0.15, 0.2) is 17.5 Å². The molecule has 0 radical (unpaired) electrons. The van der Waals surface area contributed by atoms with Crippen LogP contribution in [0.15, 0.2) is 127 Å². The summed E-state index contributed by atoms with van der Waals surface area (Å²) in [6.07, 6.45) is 6.71. The Kier molecular flexibility index (Phi) is 7.73. The molecule has 2 unspecified atom stereocenters. The number of nitriles is 1. The fourth-order valence-electron chi connectivity index (χ4n) is 9.68. The number of rotatable bonds is 5. The van der Waals surface area contributed by atoms with Crippen molar-refractivity contribution in [1.82, 2.24) is 15.0 Å². The van der Waals surface area contributed by atoms with Crippen molar-refractivity contribution in [1.29, 1.82) is 5.26 Å². The van der Waals surface area contributed by atoms with E-state index in [-0.39, 0.29) is 0 Å². The molecule has 2 aliphatic rings. The van der Waals surface area contributed by atoms with Gasteiger partial charge in [0.05, 0.1) is 11.6 Å². The first kappa shape index (κ1) is 31.3. The van der Waals surface area contributed by atoms with Gasteiger partial charge in [0.25, 0.3) is 0 Å². The third-order valence-electron chi connectivity index (χ3n) is 11.5. The lowest BCUT2D eigenvalue weighted by atomic mass is 9.54. The molecule has 0 saturated heterocycles. The van der Waals surface area contributed by atoms with Crippen molar-refractivity contribution in [3.8, 4) is 51.4 Å². The predicted octanol–water partition coefficient (Wildman–Crippen LogP) is 11.8. The summed E-state index contributed by atoms with van der Waals surface area (Å²) in [5.41, 5.74) is 7.62. The molecule has 6 aromatic carbocycles. The summed E-state index contributed by atoms with van der Waals surface area (Å²) >= 11 is 0. The molecule has 0 N–H and O–H groups in total. The number of hydrogen-bond acceptors (Lipinski definition) is 4. The molecule has 9 rings (SSSR count). The third-order valence-corrected chi connectivity index (χ3v) is 11.5. The second-order valence-corrected chi connectivity index (χ2v) is 15.3. The van der Waals surface area contributed by atoms with Crippen LogP contribution in [-0.2, 0) is 5.41 Å². The second kappa shape index (κ2) is 12.6. The molecule has 51 heavy (non-hydrogen) atoms. The van der Waals surface area contributed by atoms with Crippen molar-refractivity contribution in [2.45, 2.75) is 51.4 Å². The topological polar surface area (TPSA) is 62.5 Å². The first-order valence-electron chi connectivity index (χ1n) is 18.3. The van der Waals surface area contributed by atoms with Crippen LogP contribution in [0.5, 0.6) is 0 Å². The van der Waals surface area contributed by atoms with Crippen molar-refractivity contribution < 1.29 is 0 Å². The Labute approximate surface area is 299 Å². The standard InChI is InChI=1S/C47H40N4/c1-30-23-33-24-31(2)27-47(26-30,28-33)38-21-19-34(20-22-38)43-39-12-7-6-11-37(39)25-42-40(43)13-8-14-41(42)46-50-44(35-9-4-3-5-10-35)49-45(51-46)36-17-15-32(29-48)16-18-36/h3-22,25,30-31,33H,23-24,26-28H2,1-2H3/t30-,31+,33?,47?. The highest BCUT2D eigenvalue weighted by Crippen LogP contribution is 2.54. The van der Waals surface area contributed by atoms with Crippen LogP contribution in [0.3, 0.4) is 0 Å². The average Bonchev–Trinajstić information content (AvgIpc) is 3.16. The summed E-state index contributed by atoms with van der Waals surface area (Å²) in [7, 11) is 0. The molecular weight excluding hydrogens is 621 g/mol. The number of fused-ring (bicyclic) bond motifs is 4. The molecule has 2 bridgehead atoms. The summed E-state index contributed by atoms with van der Waals surface area (Å²) in [4.78, 5) is 15.1.